The Labute approximate surface area is 233 Å². The molecule has 1 aliphatic carbocycles. The van der Waals surface area contributed by atoms with Gasteiger partial charge in [-0.1, -0.05) is 41.4 Å². The van der Waals surface area contributed by atoms with Crippen LogP contribution in [0.4, 0.5) is 10.1 Å². The molecule has 7 heteroatoms. The van der Waals surface area contributed by atoms with E-state index >= 15 is 0 Å². The highest BCUT2D eigenvalue weighted by molar-refractivity contribution is 6.31. The van der Waals surface area contributed by atoms with Gasteiger partial charge in [-0.15, -0.1) is 0 Å². The molecule has 1 unspecified atom stereocenters. The lowest BCUT2D eigenvalue weighted by Gasteiger charge is -2.40. The number of nitrogens with two attached hydrogens (primary N) is 1. The van der Waals surface area contributed by atoms with Crippen LogP contribution in [0.1, 0.15) is 53.0 Å². The van der Waals surface area contributed by atoms with Crippen molar-refractivity contribution in [2.45, 2.75) is 52.6 Å². The number of anilines is 1. The zero-order valence-electron chi connectivity index (χ0n) is 22.1. The van der Waals surface area contributed by atoms with Crippen molar-refractivity contribution in [3.8, 4) is 11.8 Å². The molecule has 0 bridgehead atoms. The van der Waals surface area contributed by atoms with Gasteiger partial charge in [-0.3, -0.25) is 9.69 Å². The largest absolute Gasteiger partial charge is 0.489 e. The van der Waals surface area contributed by atoms with Crippen LogP contribution in [0, 0.1) is 37.9 Å². The average molecular weight is 542 g/mol. The molecular formula is C32H29ClFN3O2. The molecular weight excluding hydrogens is 513 g/mol. The molecule has 3 aromatic rings. The second-order valence-electron chi connectivity index (χ2n) is 10.2. The number of ketones is 1. The van der Waals surface area contributed by atoms with E-state index in [-0.39, 0.29) is 22.2 Å². The number of carbonyl (C=O) groups is 1. The Kier molecular flexibility index (Phi) is 7.20. The van der Waals surface area contributed by atoms with Crippen molar-refractivity contribution in [3.05, 3.63) is 116 Å². The lowest BCUT2D eigenvalue weighted by molar-refractivity contribution is -0.116. The van der Waals surface area contributed by atoms with Crippen LogP contribution in [-0.2, 0) is 11.4 Å². The maximum Gasteiger partial charge on any atom is 0.161 e. The van der Waals surface area contributed by atoms with Gasteiger partial charge in [-0.2, -0.15) is 5.26 Å². The maximum atomic E-state index is 14.0. The van der Waals surface area contributed by atoms with Crippen molar-refractivity contribution in [1.82, 2.24) is 0 Å². The molecule has 1 aliphatic heterocycles. The van der Waals surface area contributed by atoms with Gasteiger partial charge in [0.05, 0.1) is 22.6 Å². The summed E-state index contributed by atoms with van der Waals surface area (Å²) in [7, 11) is 0. The first-order chi connectivity index (χ1) is 18.7. The molecule has 0 aromatic heterocycles. The van der Waals surface area contributed by atoms with E-state index in [1.807, 2.05) is 51.1 Å². The second kappa shape index (κ2) is 10.6. The van der Waals surface area contributed by atoms with Gasteiger partial charge in [0.25, 0.3) is 0 Å². The third-order valence-corrected chi connectivity index (χ3v) is 7.82. The van der Waals surface area contributed by atoms with Gasteiger partial charge in [0.2, 0.25) is 0 Å². The molecule has 39 heavy (non-hydrogen) atoms. The van der Waals surface area contributed by atoms with Gasteiger partial charge in [0.15, 0.2) is 5.78 Å². The normalized spacial score (nSPS) is 17.3. The van der Waals surface area contributed by atoms with Gasteiger partial charge in [0, 0.05) is 23.4 Å². The number of Topliss-reactive ketones (excluding diaryl/α,β-unsaturated/α-hetero) is 1. The molecule has 2 N–H and O–H groups in total. The summed E-state index contributed by atoms with van der Waals surface area (Å²) in [4.78, 5) is 15.2. The Hall–Kier alpha value is -4.08. The fourth-order valence-corrected chi connectivity index (χ4v) is 5.67. The van der Waals surface area contributed by atoms with Crippen molar-refractivity contribution in [2.75, 3.05) is 4.90 Å². The Morgan fingerprint density at radius 1 is 1.08 bits per heavy atom. The molecule has 0 saturated heterocycles. The maximum absolute atomic E-state index is 14.0. The quantitative estimate of drug-likeness (QED) is 0.367. The second-order valence-corrected chi connectivity index (χ2v) is 10.6. The first-order valence-corrected chi connectivity index (χ1v) is 13.3. The van der Waals surface area contributed by atoms with E-state index in [9.17, 15) is 14.4 Å². The number of carbonyl (C=O) groups excluding carboxylic acids is 1. The molecule has 0 spiro atoms. The van der Waals surface area contributed by atoms with Crippen LogP contribution in [0.3, 0.4) is 0 Å². The van der Waals surface area contributed by atoms with Crippen LogP contribution < -0.4 is 15.4 Å². The highest BCUT2D eigenvalue weighted by Crippen LogP contribution is 2.47. The number of rotatable bonds is 5. The summed E-state index contributed by atoms with van der Waals surface area (Å²) >= 11 is 6.10. The summed E-state index contributed by atoms with van der Waals surface area (Å²) in [6.07, 6.45) is 1.65. The van der Waals surface area contributed by atoms with Crippen molar-refractivity contribution in [1.29, 1.82) is 5.26 Å². The molecule has 5 rings (SSSR count). The summed E-state index contributed by atoms with van der Waals surface area (Å²) in [6.45, 7) is 6.38. The minimum Gasteiger partial charge on any atom is -0.489 e. The number of hydrogen-bond acceptors (Lipinski definition) is 5. The number of allylic oxidation sites excluding steroid dienone is 3. The highest BCUT2D eigenvalue weighted by Gasteiger charge is 2.41. The predicted octanol–water partition coefficient (Wildman–Crippen LogP) is 7.29. The highest BCUT2D eigenvalue weighted by atomic mass is 35.5. The summed E-state index contributed by atoms with van der Waals surface area (Å²) in [6, 6.07) is 18.6. The summed E-state index contributed by atoms with van der Waals surface area (Å²) in [5.41, 5.74) is 13.7. The van der Waals surface area contributed by atoms with Crippen LogP contribution in [-0.4, -0.2) is 5.78 Å². The number of nitriles is 1. The van der Waals surface area contributed by atoms with Gasteiger partial charge in [0.1, 0.15) is 24.0 Å². The molecule has 0 fully saturated rings. The molecule has 2 aliphatic rings. The Bertz CT molecular complexity index is 1580. The number of hydrogen-bond donors (Lipinski definition) is 1. The first-order valence-electron chi connectivity index (χ1n) is 12.9. The van der Waals surface area contributed by atoms with Crippen molar-refractivity contribution >= 4 is 23.1 Å². The van der Waals surface area contributed by atoms with E-state index in [0.29, 0.717) is 37.1 Å². The fraction of sp³-hybridized carbons (Fsp3) is 0.250. The number of nitrogens with zero attached hydrogens (tertiary/aromatic N) is 2. The summed E-state index contributed by atoms with van der Waals surface area (Å²) in [5, 5.41) is 10.3. The molecule has 5 nitrogen and oxygen atoms in total. The number of aryl methyl sites for hydroxylation is 3. The lowest BCUT2D eigenvalue weighted by atomic mass is 9.74. The first kappa shape index (κ1) is 26.5. The van der Waals surface area contributed by atoms with E-state index in [0.717, 1.165) is 39.3 Å². The molecule has 1 atom stereocenters. The van der Waals surface area contributed by atoms with E-state index in [1.165, 1.54) is 12.1 Å². The average Bonchev–Trinajstić information content (AvgIpc) is 2.90. The standard InChI is InChI=1S/C32H29ClFN3O2/c1-18-7-10-23(11-8-18)39-17-21-14-24(20(3)13-19(21)2)30-25(16-35)32(36)37(22-9-12-27(34)26(33)15-22)28-5-4-6-29(38)31(28)30/h7-15,30H,4-6,17,36H2,1-3H3. The van der Waals surface area contributed by atoms with Crippen molar-refractivity contribution < 1.29 is 13.9 Å². The summed E-state index contributed by atoms with van der Waals surface area (Å²) in [5.74, 6) is -0.192. The Balaban J connectivity index is 1.62. The third-order valence-electron chi connectivity index (χ3n) is 7.53. The van der Waals surface area contributed by atoms with E-state index in [1.54, 1.807) is 11.0 Å². The lowest BCUT2D eigenvalue weighted by Crippen LogP contribution is -2.39. The molecule has 0 radical (unpaired) electrons. The van der Waals surface area contributed by atoms with E-state index in [2.05, 4.69) is 12.1 Å². The van der Waals surface area contributed by atoms with Crippen LogP contribution in [0.15, 0.2) is 77.3 Å². The van der Waals surface area contributed by atoms with Gasteiger partial charge in [-0.25, -0.2) is 4.39 Å². The van der Waals surface area contributed by atoms with Crippen molar-refractivity contribution in [2.24, 2.45) is 5.73 Å². The van der Waals surface area contributed by atoms with Gasteiger partial charge < -0.3 is 10.5 Å². The van der Waals surface area contributed by atoms with Crippen LogP contribution in [0.2, 0.25) is 5.02 Å². The predicted molar refractivity (Wildman–Crippen MR) is 151 cm³/mol. The van der Waals surface area contributed by atoms with E-state index in [4.69, 9.17) is 22.1 Å². The Morgan fingerprint density at radius 3 is 2.51 bits per heavy atom. The fourth-order valence-electron chi connectivity index (χ4n) is 5.49. The van der Waals surface area contributed by atoms with Crippen molar-refractivity contribution in [3.63, 3.8) is 0 Å². The van der Waals surface area contributed by atoms with Gasteiger partial charge in [-0.05, 0) is 86.2 Å². The van der Waals surface area contributed by atoms with Crippen LogP contribution in [0.5, 0.6) is 5.75 Å². The number of ether oxygens (including phenoxy) is 1. The van der Waals surface area contributed by atoms with E-state index < -0.39 is 11.7 Å². The number of benzene rings is 3. The van der Waals surface area contributed by atoms with Crippen LogP contribution >= 0.6 is 11.6 Å². The zero-order chi connectivity index (χ0) is 27.8. The Morgan fingerprint density at radius 2 is 1.82 bits per heavy atom. The van der Waals surface area contributed by atoms with Crippen LogP contribution in [0.25, 0.3) is 0 Å². The zero-order valence-corrected chi connectivity index (χ0v) is 22.9. The third kappa shape index (κ3) is 4.91. The number of halogens is 2. The molecule has 3 aromatic carbocycles. The molecule has 0 saturated carbocycles. The minimum absolute atomic E-state index is 0.0165. The smallest absolute Gasteiger partial charge is 0.161 e. The van der Waals surface area contributed by atoms with Gasteiger partial charge >= 0.3 is 0 Å². The summed E-state index contributed by atoms with van der Waals surface area (Å²) < 4.78 is 20.0. The monoisotopic (exact) mass is 541 g/mol. The minimum atomic E-state index is -0.608. The topological polar surface area (TPSA) is 79.3 Å². The molecule has 1 heterocycles. The molecule has 198 valence electrons. The SMILES string of the molecule is Cc1ccc(OCc2cc(C3C(C#N)=C(N)N(c4ccc(F)c(Cl)c4)C4=C3C(=O)CCC4)c(C)cc2C)cc1. The molecule has 0 amide bonds.